The van der Waals surface area contributed by atoms with Crippen molar-refractivity contribution < 1.29 is 0 Å². The van der Waals surface area contributed by atoms with Gasteiger partial charge in [0.25, 0.3) is 0 Å². The molecule has 0 amide bonds. The zero-order valence-corrected chi connectivity index (χ0v) is 12.0. The summed E-state index contributed by atoms with van der Waals surface area (Å²) in [6, 6.07) is 4.33. The smallest absolute Gasteiger partial charge is 0.200 e. The average molecular weight is 275 g/mol. The molecule has 1 aliphatic heterocycles. The summed E-state index contributed by atoms with van der Waals surface area (Å²) in [6.45, 7) is 7.69. The first-order chi connectivity index (χ1) is 9.74. The summed E-state index contributed by atoms with van der Waals surface area (Å²) < 4.78 is 1.49. The van der Waals surface area contributed by atoms with E-state index in [2.05, 4.69) is 44.7 Å². The normalized spacial score (nSPS) is 16.9. The highest BCUT2D eigenvalue weighted by Gasteiger charge is 2.20. The Balaban J connectivity index is 1.81. The lowest BCUT2D eigenvalue weighted by Gasteiger charge is -2.33. The molecule has 3 rings (SSSR count). The lowest BCUT2D eigenvalue weighted by atomic mass is 9.97. The maximum Gasteiger partial charge on any atom is 0.200 e. The molecule has 0 spiro atoms. The molecule has 1 aliphatic rings. The van der Waals surface area contributed by atoms with Crippen LogP contribution in [0.2, 0.25) is 0 Å². The summed E-state index contributed by atoms with van der Waals surface area (Å²) in [4.78, 5) is 2.34. The molecule has 0 bridgehead atoms. The molecular formula is C13H21N7. The molecule has 20 heavy (non-hydrogen) atoms. The minimum absolute atomic E-state index is 0.409. The van der Waals surface area contributed by atoms with E-state index in [1.54, 1.807) is 0 Å². The van der Waals surface area contributed by atoms with Crippen LogP contribution in [0.25, 0.3) is 5.65 Å². The fourth-order valence-corrected chi connectivity index (χ4v) is 2.70. The van der Waals surface area contributed by atoms with Gasteiger partial charge in [0.1, 0.15) is 0 Å². The molecule has 1 fully saturated rings. The van der Waals surface area contributed by atoms with Gasteiger partial charge in [-0.05, 0) is 68.3 Å². The van der Waals surface area contributed by atoms with Crippen LogP contribution < -0.4 is 10.2 Å². The Hall–Kier alpha value is -1.76. The van der Waals surface area contributed by atoms with Gasteiger partial charge in [0.2, 0.25) is 0 Å². The summed E-state index contributed by atoms with van der Waals surface area (Å²) in [7, 11) is 0. The minimum Gasteiger partial charge on any atom is -0.352 e. The molecule has 1 saturated heterocycles. The molecule has 2 aromatic heterocycles. The van der Waals surface area contributed by atoms with E-state index in [4.69, 9.17) is 0 Å². The van der Waals surface area contributed by atoms with Gasteiger partial charge in [-0.15, -0.1) is 14.8 Å². The number of hydrogen-bond acceptors (Lipinski definition) is 6. The van der Waals surface area contributed by atoms with Crippen molar-refractivity contribution in [2.75, 3.05) is 24.5 Å². The number of hydrogen-bond donors (Lipinski definition) is 1. The van der Waals surface area contributed by atoms with Crippen LogP contribution in [0.4, 0.5) is 5.82 Å². The zero-order valence-electron chi connectivity index (χ0n) is 12.0. The first-order valence-corrected chi connectivity index (χ1v) is 7.27. The molecular weight excluding hydrogens is 254 g/mol. The standard InChI is InChI=1S/C13H21N7/c1-10(2)19(9-11-5-7-14-8-6-11)13-4-3-12-15-17-18-20(12)16-13/h3-4,10-11,14H,5-9H2,1-2H3. The number of anilines is 1. The van der Waals surface area contributed by atoms with Gasteiger partial charge >= 0.3 is 0 Å². The first-order valence-electron chi connectivity index (χ1n) is 7.27. The first kappa shape index (κ1) is 13.2. The topological polar surface area (TPSA) is 71.2 Å². The maximum atomic E-state index is 4.51. The lowest BCUT2D eigenvalue weighted by Crippen LogP contribution is -2.40. The van der Waals surface area contributed by atoms with E-state index in [0.717, 1.165) is 31.4 Å². The molecule has 0 saturated carbocycles. The van der Waals surface area contributed by atoms with Gasteiger partial charge in [-0.3, -0.25) is 0 Å². The van der Waals surface area contributed by atoms with Crippen molar-refractivity contribution in [3.8, 4) is 0 Å². The molecule has 0 aromatic carbocycles. The van der Waals surface area contributed by atoms with Gasteiger partial charge < -0.3 is 10.2 Å². The summed E-state index contributed by atoms with van der Waals surface area (Å²) >= 11 is 0. The van der Waals surface area contributed by atoms with E-state index >= 15 is 0 Å². The van der Waals surface area contributed by atoms with Crippen molar-refractivity contribution in [1.29, 1.82) is 0 Å². The van der Waals surface area contributed by atoms with Crippen molar-refractivity contribution in [3.63, 3.8) is 0 Å². The minimum atomic E-state index is 0.409. The number of fused-ring (bicyclic) bond motifs is 1. The molecule has 7 nitrogen and oxygen atoms in total. The Labute approximate surface area is 118 Å². The fourth-order valence-electron chi connectivity index (χ4n) is 2.70. The van der Waals surface area contributed by atoms with E-state index in [-0.39, 0.29) is 0 Å². The molecule has 0 unspecified atom stereocenters. The lowest BCUT2D eigenvalue weighted by molar-refractivity contribution is 0.366. The Morgan fingerprint density at radius 1 is 1.35 bits per heavy atom. The number of nitrogens with one attached hydrogen (secondary N) is 1. The summed E-state index contributed by atoms with van der Waals surface area (Å²) in [5.74, 6) is 1.67. The molecule has 3 heterocycles. The monoisotopic (exact) mass is 275 g/mol. The SMILES string of the molecule is CC(C)N(CC1CCNCC1)c1ccc2nnnn2n1. The van der Waals surface area contributed by atoms with E-state index in [1.165, 1.54) is 17.5 Å². The van der Waals surface area contributed by atoms with Crippen LogP contribution in [-0.2, 0) is 0 Å². The number of rotatable bonds is 4. The van der Waals surface area contributed by atoms with Crippen molar-refractivity contribution in [2.45, 2.75) is 32.7 Å². The fraction of sp³-hybridized carbons (Fsp3) is 0.692. The molecule has 1 N–H and O–H groups in total. The quantitative estimate of drug-likeness (QED) is 0.887. The Kier molecular flexibility index (Phi) is 3.77. The van der Waals surface area contributed by atoms with Crippen molar-refractivity contribution in [2.24, 2.45) is 5.92 Å². The molecule has 0 aliphatic carbocycles. The second-order valence-electron chi connectivity index (χ2n) is 5.66. The maximum absolute atomic E-state index is 4.51. The number of piperidine rings is 1. The van der Waals surface area contributed by atoms with Crippen LogP contribution in [-0.4, -0.2) is 50.9 Å². The van der Waals surface area contributed by atoms with E-state index < -0.39 is 0 Å². The second-order valence-corrected chi connectivity index (χ2v) is 5.66. The van der Waals surface area contributed by atoms with Gasteiger partial charge in [-0.25, -0.2) is 0 Å². The summed E-state index contributed by atoms with van der Waals surface area (Å²) in [5, 5.41) is 19.3. The van der Waals surface area contributed by atoms with Crippen LogP contribution in [0, 0.1) is 5.92 Å². The van der Waals surface area contributed by atoms with E-state index in [0.29, 0.717) is 11.7 Å². The van der Waals surface area contributed by atoms with Gasteiger partial charge in [-0.2, -0.15) is 0 Å². The van der Waals surface area contributed by atoms with Crippen LogP contribution in [0.5, 0.6) is 0 Å². The van der Waals surface area contributed by atoms with E-state index in [1.807, 2.05) is 12.1 Å². The van der Waals surface area contributed by atoms with Crippen LogP contribution in [0.3, 0.4) is 0 Å². The molecule has 0 atom stereocenters. The predicted molar refractivity (Wildman–Crippen MR) is 76.7 cm³/mol. The van der Waals surface area contributed by atoms with Gasteiger partial charge in [0, 0.05) is 12.6 Å². The molecule has 108 valence electrons. The number of tetrazole rings is 1. The molecule has 7 heteroatoms. The Bertz CT molecular complexity index is 559. The number of nitrogens with zero attached hydrogens (tertiary/aromatic N) is 6. The van der Waals surface area contributed by atoms with Crippen LogP contribution >= 0.6 is 0 Å². The largest absolute Gasteiger partial charge is 0.352 e. The van der Waals surface area contributed by atoms with Gasteiger partial charge in [0.05, 0.1) is 0 Å². The van der Waals surface area contributed by atoms with Crippen LogP contribution in [0.15, 0.2) is 12.1 Å². The highest BCUT2D eigenvalue weighted by Crippen LogP contribution is 2.20. The molecule has 2 aromatic rings. The van der Waals surface area contributed by atoms with E-state index in [9.17, 15) is 0 Å². The summed E-state index contributed by atoms with van der Waals surface area (Å²) in [6.07, 6.45) is 2.46. The van der Waals surface area contributed by atoms with Gasteiger partial charge in [0.15, 0.2) is 11.5 Å². The highest BCUT2D eigenvalue weighted by atomic mass is 15.6. The molecule has 0 radical (unpaired) electrons. The van der Waals surface area contributed by atoms with Crippen molar-refractivity contribution in [1.82, 2.24) is 30.6 Å². The van der Waals surface area contributed by atoms with Crippen molar-refractivity contribution in [3.05, 3.63) is 12.1 Å². The highest BCUT2D eigenvalue weighted by molar-refractivity contribution is 5.44. The third kappa shape index (κ3) is 2.72. The van der Waals surface area contributed by atoms with Crippen molar-refractivity contribution >= 4 is 11.5 Å². The van der Waals surface area contributed by atoms with Gasteiger partial charge in [-0.1, -0.05) is 0 Å². The zero-order chi connectivity index (χ0) is 13.9. The third-order valence-electron chi connectivity index (χ3n) is 3.89. The average Bonchev–Trinajstić information content (AvgIpc) is 2.93. The third-order valence-corrected chi connectivity index (χ3v) is 3.89. The summed E-state index contributed by atoms with van der Waals surface area (Å²) in [5.41, 5.74) is 0.680. The number of aromatic nitrogens is 5. The predicted octanol–water partition coefficient (Wildman–Crippen LogP) is 0.734. The Morgan fingerprint density at radius 3 is 2.90 bits per heavy atom. The van der Waals surface area contributed by atoms with Crippen LogP contribution in [0.1, 0.15) is 26.7 Å². The Morgan fingerprint density at radius 2 is 2.15 bits per heavy atom. The second kappa shape index (κ2) is 5.70.